The van der Waals surface area contributed by atoms with E-state index in [0.717, 1.165) is 6.07 Å². The molecule has 2 bridgehead atoms. The molecule has 4 fully saturated rings. The molecule has 0 saturated carbocycles. The van der Waals surface area contributed by atoms with E-state index in [1.54, 1.807) is 12.1 Å². The molecule has 3 aromatic rings. The molecule has 16 heteroatoms. The quantitative estimate of drug-likeness (QED) is 0.521. The normalized spacial score (nSPS) is 30.1. The number of nitrogens with zero attached hydrogens (tertiary/aromatic N) is 6. The van der Waals surface area contributed by atoms with Crippen LogP contribution in [0.1, 0.15) is 6.92 Å². The molecule has 34 heavy (non-hydrogen) atoms. The number of phosphoric acid groups is 1. The SMILES string of the molecule is CCn1nnc(-c2ccc(-c3ccc(N4C(=O)O[C@@]5([C@H](O)F)OP6(=O)OC45O6)cc3F)cn2)n1. The molecule has 4 aliphatic rings. The van der Waals surface area contributed by atoms with Gasteiger partial charge < -0.3 is 9.84 Å². The Morgan fingerprint density at radius 1 is 1.24 bits per heavy atom. The molecule has 2 aromatic heterocycles. The summed E-state index contributed by atoms with van der Waals surface area (Å²) in [7, 11) is -4.23. The van der Waals surface area contributed by atoms with Gasteiger partial charge in [0.15, 0.2) is 0 Å². The van der Waals surface area contributed by atoms with Crippen molar-refractivity contribution >= 4 is 19.6 Å². The van der Waals surface area contributed by atoms with Crippen molar-refractivity contribution in [2.45, 2.75) is 31.5 Å². The van der Waals surface area contributed by atoms with Crippen LogP contribution in [0.15, 0.2) is 36.5 Å². The number of benzene rings is 1. The smallest absolute Gasteiger partial charge is 0.402 e. The van der Waals surface area contributed by atoms with E-state index in [1.165, 1.54) is 23.1 Å². The second kappa shape index (κ2) is 6.84. The van der Waals surface area contributed by atoms with E-state index in [2.05, 4.69) is 20.4 Å². The first-order valence-corrected chi connectivity index (χ1v) is 11.3. The number of carbonyl (C=O) groups excluding carboxylic acids is 1. The predicted octanol–water partition coefficient (Wildman–Crippen LogP) is 2.34. The zero-order valence-electron chi connectivity index (χ0n) is 17.0. The summed E-state index contributed by atoms with van der Waals surface area (Å²) < 4.78 is 60.7. The lowest BCUT2D eigenvalue weighted by Crippen LogP contribution is -2.63. The van der Waals surface area contributed by atoms with Crippen LogP contribution in [0.2, 0.25) is 0 Å². The second-order valence-corrected chi connectivity index (χ2v) is 8.85. The van der Waals surface area contributed by atoms with Crippen molar-refractivity contribution in [3.63, 3.8) is 0 Å². The predicted molar refractivity (Wildman–Crippen MR) is 105 cm³/mol. The van der Waals surface area contributed by atoms with Crippen molar-refractivity contribution in [1.29, 1.82) is 0 Å². The summed E-state index contributed by atoms with van der Waals surface area (Å²) >= 11 is 0. The van der Waals surface area contributed by atoms with E-state index in [9.17, 15) is 18.9 Å². The lowest BCUT2D eigenvalue weighted by Gasteiger charge is -2.38. The highest BCUT2D eigenvalue weighted by Crippen LogP contribution is 2.81. The standard InChI is InChI=1S/C18H13F2N6O7P/c1-2-25-23-14(22-24-25)13-6-3-9(8-21-13)11-5-4-10(7-12(11)19)26-16(28)30-17(15(20)27)18(26)32-34(29,31-17)33-18/h3-8,15,27H,2H2,1H3/t15-,17-,18?,34?/m0/s1. The number of aryl methyl sites for hydroxylation is 1. The number of tetrazole rings is 1. The van der Waals surface area contributed by atoms with Gasteiger partial charge in [-0.1, -0.05) is 6.07 Å². The summed E-state index contributed by atoms with van der Waals surface area (Å²) in [4.78, 5) is 18.7. The molecule has 0 unspecified atom stereocenters. The van der Waals surface area contributed by atoms with Gasteiger partial charge in [-0.15, -0.1) is 10.2 Å². The summed E-state index contributed by atoms with van der Waals surface area (Å²) in [5.41, 5.74) is 0.774. The fourth-order valence-corrected chi connectivity index (χ4v) is 5.56. The zero-order valence-corrected chi connectivity index (χ0v) is 17.9. The van der Waals surface area contributed by atoms with Crippen LogP contribution < -0.4 is 4.90 Å². The third-order valence-electron chi connectivity index (χ3n) is 5.44. The lowest BCUT2D eigenvalue weighted by molar-refractivity contribution is -0.305. The molecular weight excluding hydrogens is 481 g/mol. The Balaban J connectivity index is 1.32. The number of halogens is 2. The van der Waals surface area contributed by atoms with Crippen molar-refractivity contribution in [1.82, 2.24) is 25.2 Å². The number of amides is 1. The Hall–Kier alpha value is -3.36. The molecule has 1 amide bonds. The van der Waals surface area contributed by atoms with Crippen LogP contribution in [0.25, 0.3) is 22.6 Å². The summed E-state index contributed by atoms with van der Waals surface area (Å²) in [6.45, 7) is 2.40. The van der Waals surface area contributed by atoms with E-state index < -0.39 is 37.8 Å². The van der Waals surface area contributed by atoms with Gasteiger partial charge in [0.25, 0.3) is 6.36 Å². The molecule has 176 valence electrons. The molecular formula is C18H13F2N6O7P. The summed E-state index contributed by atoms with van der Waals surface area (Å²) in [6, 6.07) is 6.75. The fourth-order valence-electron chi connectivity index (χ4n) is 3.87. The maximum absolute atomic E-state index is 15.1. The van der Waals surface area contributed by atoms with E-state index in [0.29, 0.717) is 28.5 Å². The van der Waals surface area contributed by atoms with Crippen LogP contribution in [-0.2, 0) is 29.4 Å². The van der Waals surface area contributed by atoms with Gasteiger partial charge in [0.05, 0.1) is 12.2 Å². The van der Waals surface area contributed by atoms with Crippen LogP contribution >= 0.6 is 7.82 Å². The first-order valence-electron chi connectivity index (χ1n) is 9.82. The van der Waals surface area contributed by atoms with Crippen LogP contribution in [0, 0.1) is 5.82 Å². The number of alkyl halides is 1. The van der Waals surface area contributed by atoms with Crippen LogP contribution in [0.4, 0.5) is 19.3 Å². The molecule has 6 heterocycles. The molecule has 1 N–H and O–H groups in total. The average Bonchev–Trinajstić information content (AvgIpc) is 3.47. The number of carbonyl (C=O) groups is 1. The Kier molecular flexibility index (Phi) is 4.26. The number of hydrogen-bond acceptors (Lipinski definition) is 11. The Morgan fingerprint density at radius 2 is 2.03 bits per heavy atom. The van der Waals surface area contributed by atoms with Crippen molar-refractivity contribution in [3.05, 3.63) is 42.3 Å². The van der Waals surface area contributed by atoms with E-state index in [-0.39, 0.29) is 11.3 Å². The average molecular weight is 494 g/mol. The maximum atomic E-state index is 15.1. The topological polar surface area (TPSA) is 151 Å². The van der Waals surface area contributed by atoms with Gasteiger partial charge in [0, 0.05) is 17.3 Å². The van der Waals surface area contributed by atoms with Crippen molar-refractivity contribution in [2.75, 3.05) is 4.90 Å². The number of aromatic nitrogens is 5. The highest BCUT2D eigenvalue weighted by Gasteiger charge is 2.92. The lowest BCUT2D eigenvalue weighted by atomic mass is 10.1. The summed E-state index contributed by atoms with van der Waals surface area (Å²) in [5.74, 6) is -5.81. The molecule has 0 aliphatic carbocycles. The molecule has 1 aromatic carbocycles. The van der Waals surface area contributed by atoms with Gasteiger partial charge in [-0.2, -0.15) is 4.80 Å². The van der Waals surface area contributed by atoms with Crippen molar-refractivity contribution in [3.8, 4) is 22.6 Å². The first kappa shape index (κ1) is 21.2. The monoisotopic (exact) mass is 494 g/mol. The van der Waals surface area contributed by atoms with Crippen molar-refractivity contribution in [2.24, 2.45) is 0 Å². The Labute approximate surface area is 188 Å². The molecule has 7 rings (SSSR count). The third kappa shape index (κ3) is 2.66. The number of anilines is 1. The van der Waals surface area contributed by atoms with E-state index >= 15 is 4.39 Å². The van der Waals surface area contributed by atoms with Crippen LogP contribution in [0.5, 0.6) is 0 Å². The molecule has 13 nitrogen and oxygen atoms in total. The van der Waals surface area contributed by atoms with Crippen molar-refractivity contribution < 1.29 is 41.6 Å². The van der Waals surface area contributed by atoms with Crippen LogP contribution in [-0.4, -0.2) is 54.4 Å². The van der Waals surface area contributed by atoms with Gasteiger partial charge >= 0.3 is 25.6 Å². The fraction of sp³-hybridized carbons (Fsp3) is 0.278. The number of ether oxygens (including phenoxy) is 1. The minimum absolute atomic E-state index is 0.124. The Morgan fingerprint density at radius 3 is 2.65 bits per heavy atom. The summed E-state index contributed by atoms with van der Waals surface area (Å²) in [6.07, 6.45) is -2.82. The minimum Gasteiger partial charge on any atom is -0.402 e. The number of phosphoric ester groups is 1. The second-order valence-electron chi connectivity index (χ2n) is 7.41. The summed E-state index contributed by atoms with van der Waals surface area (Å²) in [5, 5.41) is 21.4. The third-order valence-corrected chi connectivity index (χ3v) is 6.88. The van der Waals surface area contributed by atoms with Gasteiger partial charge in [-0.25, -0.2) is 36.6 Å². The molecule has 0 radical (unpaired) electrons. The zero-order chi connectivity index (χ0) is 23.9. The van der Waals surface area contributed by atoms with Gasteiger partial charge in [-0.05, 0) is 36.4 Å². The molecule has 4 aliphatic heterocycles. The molecule has 1 spiro atoms. The largest absolute Gasteiger partial charge is 0.487 e. The van der Waals surface area contributed by atoms with Gasteiger partial charge in [0.2, 0.25) is 5.82 Å². The highest BCUT2D eigenvalue weighted by molar-refractivity contribution is 7.50. The minimum atomic E-state index is -4.23. The molecule has 4 saturated heterocycles. The number of aliphatic hydroxyl groups is 1. The Bertz CT molecular complexity index is 1380. The van der Waals surface area contributed by atoms with E-state index in [1.807, 2.05) is 6.92 Å². The van der Waals surface area contributed by atoms with Crippen LogP contribution in [0.3, 0.4) is 0 Å². The van der Waals surface area contributed by atoms with Gasteiger partial charge in [-0.3, -0.25) is 4.98 Å². The number of rotatable bonds is 5. The first-order chi connectivity index (χ1) is 16.2. The highest BCUT2D eigenvalue weighted by atomic mass is 31.2. The maximum Gasteiger partial charge on any atom is 0.487 e. The number of aliphatic hydroxyl groups excluding tert-OH is 1. The molecule has 2 atom stereocenters. The number of pyridine rings is 1. The number of hydrogen-bond donors (Lipinski definition) is 1. The van der Waals surface area contributed by atoms with E-state index in [4.69, 9.17) is 18.3 Å². The van der Waals surface area contributed by atoms with Gasteiger partial charge in [0.1, 0.15) is 11.5 Å².